The molecule has 0 atom stereocenters. The standard InChI is InChI=1S/C9H8Cl2O4S/c10-7-2-1-6(5-8(7)11)16(14,15)4-3-9(12)13/h1-2,5H,3-4H2,(H,12,13). The number of carboxylic acids is 1. The Morgan fingerprint density at radius 1 is 1.25 bits per heavy atom. The zero-order chi connectivity index (χ0) is 12.3. The van der Waals surface area contributed by atoms with Gasteiger partial charge >= 0.3 is 5.97 Å². The van der Waals surface area contributed by atoms with Crippen molar-refractivity contribution in [2.45, 2.75) is 11.3 Å². The highest BCUT2D eigenvalue weighted by Crippen LogP contribution is 2.25. The minimum absolute atomic E-state index is 0.0249. The van der Waals surface area contributed by atoms with Crippen molar-refractivity contribution in [2.24, 2.45) is 0 Å². The summed E-state index contributed by atoms with van der Waals surface area (Å²) in [4.78, 5) is 10.3. The van der Waals surface area contributed by atoms with Crippen LogP contribution in [0.25, 0.3) is 0 Å². The van der Waals surface area contributed by atoms with Crippen molar-refractivity contribution in [3.63, 3.8) is 0 Å². The molecule has 1 rings (SSSR count). The normalized spacial score (nSPS) is 11.4. The van der Waals surface area contributed by atoms with Gasteiger partial charge in [-0.1, -0.05) is 23.2 Å². The number of benzene rings is 1. The molecular weight excluding hydrogens is 275 g/mol. The van der Waals surface area contributed by atoms with Crippen molar-refractivity contribution in [3.05, 3.63) is 28.2 Å². The first-order valence-electron chi connectivity index (χ1n) is 4.22. The van der Waals surface area contributed by atoms with E-state index >= 15 is 0 Å². The zero-order valence-corrected chi connectivity index (χ0v) is 10.3. The smallest absolute Gasteiger partial charge is 0.304 e. The number of sulfone groups is 1. The third kappa shape index (κ3) is 3.37. The summed E-state index contributed by atoms with van der Waals surface area (Å²) in [5.74, 6) is -1.62. The molecule has 0 unspecified atom stereocenters. The van der Waals surface area contributed by atoms with E-state index in [-0.39, 0.29) is 14.9 Å². The van der Waals surface area contributed by atoms with Gasteiger partial charge in [-0.25, -0.2) is 8.42 Å². The van der Waals surface area contributed by atoms with Gasteiger partial charge in [-0.3, -0.25) is 4.79 Å². The third-order valence-corrected chi connectivity index (χ3v) is 4.29. The van der Waals surface area contributed by atoms with Gasteiger partial charge in [-0.15, -0.1) is 0 Å². The highest BCUT2D eigenvalue weighted by atomic mass is 35.5. The Kier molecular flexibility index (Phi) is 4.18. The van der Waals surface area contributed by atoms with Gasteiger partial charge in [-0.05, 0) is 18.2 Å². The van der Waals surface area contributed by atoms with Gasteiger partial charge in [0.15, 0.2) is 9.84 Å². The van der Waals surface area contributed by atoms with Crippen LogP contribution in [-0.4, -0.2) is 25.2 Å². The summed E-state index contributed by atoms with van der Waals surface area (Å²) in [5.41, 5.74) is 0. The molecule has 0 saturated carbocycles. The number of hydrogen-bond acceptors (Lipinski definition) is 3. The van der Waals surface area contributed by atoms with Crippen LogP contribution in [0.1, 0.15) is 6.42 Å². The van der Waals surface area contributed by atoms with Crippen molar-refractivity contribution in [2.75, 3.05) is 5.75 Å². The Hall–Kier alpha value is -0.780. The van der Waals surface area contributed by atoms with Crippen LogP contribution in [0.4, 0.5) is 0 Å². The van der Waals surface area contributed by atoms with Gasteiger partial charge in [-0.2, -0.15) is 0 Å². The van der Waals surface area contributed by atoms with Gasteiger partial charge in [0, 0.05) is 0 Å². The topological polar surface area (TPSA) is 71.4 Å². The second-order valence-corrected chi connectivity index (χ2v) is 5.96. The summed E-state index contributed by atoms with van der Waals surface area (Å²) in [6.45, 7) is 0. The molecular formula is C9H8Cl2O4S. The molecule has 0 aliphatic rings. The van der Waals surface area contributed by atoms with Crippen LogP contribution < -0.4 is 0 Å². The molecule has 0 saturated heterocycles. The first kappa shape index (κ1) is 13.3. The molecule has 0 aliphatic heterocycles. The Bertz CT molecular complexity index is 510. The number of rotatable bonds is 4. The quantitative estimate of drug-likeness (QED) is 0.919. The lowest BCUT2D eigenvalue weighted by Gasteiger charge is -2.04. The molecule has 7 heteroatoms. The predicted molar refractivity (Wildman–Crippen MR) is 60.8 cm³/mol. The lowest BCUT2D eigenvalue weighted by Crippen LogP contribution is -2.10. The molecule has 4 nitrogen and oxygen atoms in total. The minimum atomic E-state index is -3.62. The van der Waals surface area contributed by atoms with Crippen molar-refractivity contribution < 1.29 is 18.3 Å². The predicted octanol–water partition coefficient (Wildman–Crippen LogP) is 2.24. The summed E-state index contributed by atoms with van der Waals surface area (Å²) in [5, 5.41) is 8.78. The van der Waals surface area contributed by atoms with Crippen LogP contribution in [0.3, 0.4) is 0 Å². The van der Waals surface area contributed by atoms with Gasteiger partial charge in [0.2, 0.25) is 0 Å². The molecule has 0 fully saturated rings. The third-order valence-electron chi connectivity index (χ3n) is 1.83. The van der Waals surface area contributed by atoms with Crippen LogP contribution >= 0.6 is 23.2 Å². The molecule has 1 N–H and O–H groups in total. The van der Waals surface area contributed by atoms with Crippen LogP contribution in [-0.2, 0) is 14.6 Å². The maximum Gasteiger partial charge on any atom is 0.304 e. The SMILES string of the molecule is O=C(O)CCS(=O)(=O)c1ccc(Cl)c(Cl)c1. The molecule has 0 spiro atoms. The van der Waals surface area contributed by atoms with E-state index in [0.29, 0.717) is 0 Å². The number of carboxylic acid groups (broad SMARTS) is 1. The monoisotopic (exact) mass is 282 g/mol. The lowest BCUT2D eigenvalue weighted by molar-refractivity contribution is -0.136. The molecule has 0 amide bonds. The first-order chi connectivity index (χ1) is 7.33. The van der Waals surface area contributed by atoms with Gasteiger partial charge in [0.25, 0.3) is 0 Å². The molecule has 0 aromatic heterocycles. The van der Waals surface area contributed by atoms with E-state index in [1.807, 2.05) is 0 Å². The van der Waals surface area contributed by atoms with E-state index in [2.05, 4.69) is 0 Å². The van der Waals surface area contributed by atoms with Gasteiger partial charge < -0.3 is 5.11 Å². The number of hydrogen-bond donors (Lipinski definition) is 1. The van der Waals surface area contributed by atoms with Crippen molar-refractivity contribution in [1.29, 1.82) is 0 Å². The molecule has 16 heavy (non-hydrogen) atoms. The Balaban J connectivity index is 2.99. The summed E-state index contributed by atoms with van der Waals surface area (Å²) < 4.78 is 23.3. The van der Waals surface area contributed by atoms with E-state index in [4.69, 9.17) is 28.3 Å². The van der Waals surface area contributed by atoms with E-state index in [1.165, 1.54) is 18.2 Å². The van der Waals surface area contributed by atoms with Crippen LogP contribution in [0.15, 0.2) is 23.1 Å². The fraction of sp³-hybridized carbons (Fsp3) is 0.222. The van der Waals surface area contributed by atoms with Crippen molar-refractivity contribution in [3.8, 4) is 0 Å². The fourth-order valence-electron chi connectivity index (χ4n) is 1.01. The van der Waals surface area contributed by atoms with Crippen molar-refractivity contribution in [1.82, 2.24) is 0 Å². The molecule has 0 radical (unpaired) electrons. The second kappa shape index (κ2) is 5.03. The average Bonchev–Trinajstić information content (AvgIpc) is 2.19. The summed E-state index contributed by atoms with van der Waals surface area (Å²) in [6.07, 6.45) is -0.442. The Labute approximate surface area is 103 Å². The van der Waals surface area contributed by atoms with E-state index in [9.17, 15) is 13.2 Å². The second-order valence-electron chi connectivity index (χ2n) is 3.04. The Morgan fingerprint density at radius 2 is 1.88 bits per heavy atom. The summed E-state index contributed by atoms with van der Waals surface area (Å²) >= 11 is 11.3. The maximum absolute atomic E-state index is 11.6. The largest absolute Gasteiger partial charge is 0.481 e. The Morgan fingerprint density at radius 3 is 2.38 bits per heavy atom. The van der Waals surface area contributed by atoms with E-state index in [1.54, 1.807) is 0 Å². The van der Waals surface area contributed by atoms with E-state index < -0.39 is 28.0 Å². The van der Waals surface area contributed by atoms with Gasteiger partial charge in [0.1, 0.15) is 0 Å². The minimum Gasteiger partial charge on any atom is -0.481 e. The van der Waals surface area contributed by atoms with Gasteiger partial charge in [0.05, 0.1) is 27.1 Å². The molecule has 1 aromatic rings. The van der Waals surface area contributed by atoms with Crippen LogP contribution in [0, 0.1) is 0 Å². The number of aliphatic carboxylic acids is 1. The molecule has 0 heterocycles. The molecule has 0 bridgehead atoms. The average molecular weight is 283 g/mol. The number of carbonyl (C=O) groups is 1. The lowest BCUT2D eigenvalue weighted by atomic mass is 10.4. The maximum atomic E-state index is 11.6. The fourth-order valence-corrected chi connectivity index (χ4v) is 2.62. The summed E-state index contributed by atoms with van der Waals surface area (Å²) in [7, 11) is -3.62. The highest BCUT2D eigenvalue weighted by Gasteiger charge is 2.17. The molecule has 0 aliphatic carbocycles. The van der Waals surface area contributed by atoms with Crippen LogP contribution in [0.2, 0.25) is 10.0 Å². The van der Waals surface area contributed by atoms with E-state index in [0.717, 1.165) is 0 Å². The molecule has 88 valence electrons. The highest BCUT2D eigenvalue weighted by molar-refractivity contribution is 7.91. The number of halogens is 2. The molecule has 1 aromatic carbocycles. The van der Waals surface area contributed by atoms with Crippen LogP contribution in [0.5, 0.6) is 0 Å². The van der Waals surface area contributed by atoms with Crippen molar-refractivity contribution >= 4 is 39.0 Å². The first-order valence-corrected chi connectivity index (χ1v) is 6.63. The summed E-state index contributed by atoms with van der Waals surface area (Å²) in [6, 6.07) is 3.87. The zero-order valence-electron chi connectivity index (χ0n) is 7.98.